The van der Waals surface area contributed by atoms with Crippen LogP contribution in [0.4, 0.5) is 0 Å². The summed E-state index contributed by atoms with van der Waals surface area (Å²) in [5.41, 5.74) is 1.35. The summed E-state index contributed by atoms with van der Waals surface area (Å²) in [4.78, 5) is 0.207. The summed E-state index contributed by atoms with van der Waals surface area (Å²) >= 11 is 3.72. The Morgan fingerprint density at radius 3 is 2.41 bits per heavy atom. The second-order valence-corrected chi connectivity index (χ2v) is 10.4. The Hall–Kier alpha value is 0.180. The molecule has 0 aromatic heterocycles. The van der Waals surface area contributed by atoms with Crippen molar-refractivity contribution in [3.05, 3.63) is 12.2 Å². The quantitative estimate of drug-likeness (QED) is 0.499. The van der Waals surface area contributed by atoms with Crippen molar-refractivity contribution in [1.82, 2.24) is 0 Å². The van der Waals surface area contributed by atoms with Crippen molar-refractivity contribution >= 4 is 15.9 Å². The van der Waals surface area contributed by atoms with Gasteiger partial charge in [-0.2, -0.15) is 0 Å². The van der Waals surface area contributed by atoms with Gasteiger partial charge in [-0.25, -0.2) is 0 Å². The molecule has 0 aromatic carbocycles. The van der Waals surface area contributed by atoms with E-state index in [1.807, 2.05) is 6.92 Å². The molecule has 1 N–H and O–H groups in total. The van der Waals surface area contributed by atoms with Crippen LogP contribution >= 0.6 is 15.9 Å². The Labute approximate surface area is 145 Å². The first-order valence-corrected chi connectivity index (χ1v) is 10.1. The Bertz CT molecular complexity index is 453. The first-order valence-electron chi connectivity index (χ1n) is 9.19. The maximum atomic E-state index is 10.4. The van der Waals surface area contributed by atoms with Gasteiger partial charge in [-0.3, -0.25) is 0 Å². The SMILES string of the molecule is C=C(C1CCC(C)(O)C(Br)C1)C1CC2C(C)CCC2C1(C)C. The van der Waals surface area contributed by atoms with Crippen LogP contribution in [-0.4, -0.2) is 15.5 Å². The van der Waals surface area contributed by atoms with E-state index in [1.54, 1.807) is 0 Å². The molecule has 0 heterocycles. The van der Waals surface area contributed by atoms with E-state index < -0.39 is 5.60 Å². The maximum Gasteiger partial charge on any atom is 0.0744 e. The number of halogens is 1. The molecule has 7 unspecified atom stereocenters. The van der Waals surface area contributed by atoms with Gasteiger partial charge in [0.15, 0.2) is 0 Å². The number of aliphatic hydroxyl groups is 1. The van der Waals surface area contributed by atoms with E-state index in [0.29, 0.717) is 17.3 Å². The molecule has 3 aliphatic carbocycles. The van der Waals surface area contributed by atoms with E-state index in [1.165, 1.54) is 24.8 Å². The number of hydrogen-bond acceptors (Lipinski definition) is 1. The van der Waals surface area contributed by atoms with Gasteiger partial charge in [0.1, 0.15) is 0 Å². The highest BCUT2D eigenvalue weighted by Crippen LogP contribution is 2.62. The van der Waals surface area contributed by atoms with Crippen LogP contribution in [0.1, 0.15) is 66.2 Å². The Morgan fingerprint density at radius 1 is 1.14 bits per heavy atom. The summed E-state index contributed by atoms with van der Waals surface area (Å²) in [7, 11) is 0. The van der Waals surface area contributed by atoms with Crippen LogP contribution in [0.5, 0.6) is 0 Å². The van der Waals surface area contributed by atoms with Crippen molar-refractivity contribution in [2.45, 2.75) is 76.6 Å². The second kappa shape index (κ2) is 5.62. The van der Waals surface area contributed by atoms with Crippen LogP contribution in [0.15, 0.2) is 12.2 Å². The van der Waals surface area contributed by atoms with E-state index in [0.717, 1.165) is 37.0 Å². The van der Waals surface area contributed by atoms with Crippen LogP contribution in [0.3, 0.4) is 0 Å². The third kappa shape index (κ3) is 2.62. The van der Waals surface area contributed by atoms with Crippen LogP contribution in [0.25, 0.3) is 0 Å². The number of rotatable bonds is 2. The largest absolute Gasteiger partial charge is 0.389 e. The van der Waals surface area contributed by atoms with Crippen LogP contribution in [0.2, 0.25) is 0 Å². The van der Waals surface area contributed by atoms with Gasteiger partial charge in [0.2, 0.25) is 0 Å². The van der Waals surface area contributed by atoms with E-state index in [9.17, 15) is 5.11 Å². The molecule has 3 fully saturated rings. The summed E-state index contributed by atoms with van der Waals surface area (Å²) in [6, 6.07) is 0. The van der Waals surface area contributed by atoms with Crippen molar-refractivity contribution in [2.24, 2.45) is 35.0 Å². The molecule has 0 radical (unpaired) electrons. The highest BCUT2D eigenvalue weighted by Gasteiger charge is 2.54. The topological polar surface area (TPSA) is 20.2 Å². The van der Waals surface area contributed by atoms with E-state index >= 15 is 0 Å². The lowest BCUT2D eigenvalue weighted by Gasteiger charge is -2.42. The standard InChI is InChI=1S/C20H33BrO/c1-12-6-7-16-15(12)11-17(19(16,3)4)13(2)14-8-9-20(5,22)18(21)10-14/h12,14-18,22H,2,6-11H2,1,3-5H3. The number of allylic oxidation sites excluding steroid dienone is 1. The average Bonchev–Trinajstić information content (AvgIpc) is 2.92. The Morgan fingerprint density at radius 2 is 1.82 bits per heavy atom. The molecular weight excluding hydrogens is 336 g/mol. The van der Waals surface area contributed by atoms with Crippen molar-refractivity contribution in [3.8, 4) is 0 Å². The van der Waals surface area contributed by atoms with Gasteiger partial charge in [0.25, 0.3) is 0 Å². The molecule has 22 heavy (non-hydrogen) atoms. The fourth-order valence-corrected chi connectivity index (χ4v) is 6.60. The van der Waals surface area contributed by atoms with Gasteiger partial charge in [0.05, 0.1) is 5.60 Å². The highest BCUT2D eigenvalue weighted by molar-refractivity contribution is 9.09. The van der Waals surface area contributed by atoms with Gasteiger partial charge < -0.3 is 5.11 Å². The zero-order chi connectivity index (χ0) is 16.3. The zero-order valence-corrected chi connectivity index (χ0v) is 16.3. The molecule has 126 valence electrons. The molecule has 0 aliphatic heterocycles. The fourth-order valence-electron chi connectivity index (χ4n) is 5.92. The molecule has 0 amide bonds. The normalized spacial score (nSPS) is 50.8. The van der Waals surface area contributed by atoms with Gasteiger partial charge >= 0.3 is 0 Å². The molecule has 3 aliphatic rings. The second-order valence-electron chi connectivity index (χ2n) is 9.31. The fraction of sp³-hybridized carbons (Fsp3) is 0.900. The minimum absolute atomic E-state index is 0.207. The smallest absolute Gasteiger partial charge is 0.0744 e. The van der Waals surface area contributed by atoms with E-state index in [4.69, 9.17) is 0 Å². The third-order valence-corrected chi connectivity index (χ3v) is 9.04. The zero-order valence-electron chi connectivity index (χ0n) is 14.7. The molecule has 7 atom stereocenters. The highest BCUT2D eigenvalue weighted by atomic mass is 79.9. The van der Waals surface area contributed by atoms with Crippen molar-refractivity contribution < 1.29 is 5.11 Å². The van der Waals surface area contributed by atoms with Gasteiger partial charge in [-0.15, -0.1) is 0 Å². The average molecular weight is 369 g/mol. The third-order valence-electron chi connectivity index (χ3n) is 7.68. The summed E-state index contributed by atoms with van der Waals surface area (Å²) in [6.45, 7) is 14.0. The van der Waals surface area contributed by atoms with Gasteiger partial charge in [-0.1, -0.05) is 55.3 Å². The minimum atomic E-state index is -0.549. The van der Waals surface area contributed by atoms with Crippen molar-refractivity contribution in [2.75, 3.05) is 0 Å². The van der Waals surface area contributed by atoms with E-state index in [-0.39, 0.29) is 4.83 Å². The monoisotopic (exact) mass is 368 g/mol. The molecule has 2 heteroatoms. The van der Waals surface area contributed by atoms with Crippen LogP contribution < -0.4 is 0 Å². The predicted octanol–water partition coefficient (Wildman–Crippen LogP) is 5.57. The number of fused-ring (bicyclic) bond motifs is 1. The van der Waals surface area contributed by atoms with Gasteiger partial charge in [-0.05, 0) is 74.0 Å². The molecule has 0 aromatic rings. The molecule has 1 nitrogen and oxygen atoms in total. The Balaban J connectivity index is 1.73. The predicted molar refractivity (Wildman–Crippen MR) is 97.1 cm³/mol. The minimum Gasteiger partial charge on any atom is -0.389 e. The number of hydrogen-bond donors (Lipinski definition) is 1. The van der Waals surface area contributed by atoms with Crippen molar-refractivity contribution in [1.29, 1.82) is 0 Å². The first-order chi connectivity index (χ1) is 10.1. The lowest BCUT2D eigenvalue weighted by atomic mass is 9.66. The summed E-state index contributed by atoms with van der Waals surface area (Å²) in [6.07, 6.45) is 7.24. The lowest BCUT2D eigenvalue weighted by Crippen LogP contribution is -2.42. The summed E-state index contributed by atoms with van der Waals surface area (Å²) in [5, 5.41) is 10.4. The lowest BCUT2D eigenvalue weighted by molar-refractivity contribution is 0.0192. The Kier molecular flexibility index (Phi) is 4.35. The molecule has 0 bridgehead atoms. The maximum absolute atomic E-state index is 10.4. The molecule has 0 spiro atoms. The van der Waals surface area contributed by atoms with Crippen molar-refractivity contribution in [3.63, 3.8) is 0 Å². The molecule has 3 rings (SSSR count). The van der Waals surface area contributed by atoms with Crippen LogP contribution in [-0.2, 0) is 0 Å². The van der Waals surface area contributed by atoms with Gasteiger partial charge in [0, 0.05) is 4.83 Å². The molecule has 3 saturated carbocycles. The van der Waals surface area contributed by atoms with Crippen LogP contribution in [0, 0.1) is 35.0 Å². The first kappa shape index (κ1) is 17.0. The summed E-state index contributed by atoms with van der Waals surface area (Å²) < 4.78 is 0. The molecule has 0 saturated heterocycles. The van der Waals surface area contributed by atoms with E-state index in [2.05, 4.69) is 43.3 Å². The number of alkyl halides is 1. The molecular formula is C20H33BrO. The summed E-state index contributed by atoms with van der Waals surface area (Å²) in [5.74, 6) is 3.98.